The number of phenolic OH excluding ortho intramolecular Hbond substituents is 1. The van der Waals surface area contributed by atoms with Crippen molar-refractivity contribution in [2.45, 2.75) is 30.4 Å². The molecule has 1 aromatic heterocycles. The number of sulfonamides is 1. The van der Waals surface area contributed by atoms with Crippen LogP contribution in [0.15, 0.2) is 95.7 Å². The van der Waals surface area contributed by atoms with Gasteiger partial charge in [-0.1, -0.05) is 30.3 Å². The molecule has 0 saturated heterocycles. The summed E-state index contributed by atoms with van der Waals surface area (Å²) in [6.07, 6.45) is 2.66. The topological polar surface area (TPSA) is 157 Å². The maximum absolute atomic E-state index is 13.4. The van der Waals surface area contributed by atoms with Gasteiger partial charge in [0, 0.05) is 43.9 Å². The Morgan fingerprint density at radius 1 is 1.04 bits per heavy atom. The maximum Gasteiger partial charge on any atom is 0.290 e. The molecular weight excluding hydrogens is 614 g/mol. The maximum atomic E-state index is 13.4. The van der Waals surface area contributed by atoms with Gasteiger partial charge in [0.1, 0.15) is 11.5 Å². The van der Waals surface area contributed by atoms with Crippen molar-refractivity contribution in [1.29, 1.82) is 0 Å². The highest BCUT2D eigenvalue weighted by Crippen LogP contribution is 2.37. The lowest BCUT2D eigenvalue weighted by atomic mass is 9.92. The minimum absolute atomic E-state index is 0.0312. The Morgan fingerprint density at radius 3 is 2.46 bits per heavy atom. The summed E-state index contributed by atoms with van der Waals surface area (Å²) in [5, 5.41) is 23.3. The first kappa shape index (κ1) is 32.7. The van der Waals surface area contributed by atoms with Gasteiger partial charge in [-0.3, -0.25) is 14.2 Å². The van der Waals surface area contributed by atoms with Crippen LogP contribution in [0, 0.1) is 0 Å². The number of benzene rings is 3. The fourth-order valence-electron chi connectivity index (χ4n) is 5.31. The van der Waals surface area contributed by atoms with Crippen LogP contribution < -0.4 is 10.1 Å². The number of carbonyl (C=O) groups excluding carboxylic acids is 2. The molecule has 0 fully saturated rings. The second-order valence-electron chi connectivity index (χ2n) is 10.6. The van der Waals surface area contributed by atoms with E-state index in [2.05, 4.69) is 5.32 Å². The fourth-order valence-corrected chi connectivity index (χ4v) is 6.72. The molecule has 46 heavy (non-hydrogen) atoms. The lowest BCUT2D eigenvalue weighted by Gasteiger charge is -2.30. The van der Waals surface area contributed by atoms with Gasteiger partial charge >= 0.3 is 0 Å². The number of rotatable bonds is 12. The van der Waals surface area contributed by atoms with E-state index >= 15 is 0 Å². The molecular formula is C33H35N3O9S. The van der Waals surface area contributed by atoms with E-state index in [0.717, 1.165) is 15.3 Å². The summed E-state index contributed by atoms with van der Waals surface area (Å²) in [6.45, 7) is 0.676. The Balaban J connectivity index is 1.39. The molecule has 2 heterocycles. The summed E-state index contributed by atoms with van der Waals surface area (Å²) in [6, 6.07) is 19.6. The van der Waals surface area contributed by atoms with Crippen molar-refractivity contribution in [1.82, 2.24) is 8.87 Å². The number of nitrogens with zero attached hydrogens (tertiary/aromatic N) is 2. The number of para-hydroxylation sites is 3. The van der Waals surface area contributed by atoms with Crippen LogP contribution in [0.5, 0.6) is 11.5 Å². The predicted molar refractivity (Wildman–Crippen MR) is 170 cm³/mol. The Labute approximate surface area is 266 Å². The number of amides is 1. The molecule has 0 bridgehead atoms. The molecule has 0 saturated carbocycles. The molecule has 1 aliphatic rings. The van der Waals surface area contributed by atoms with Gasteiger partial charge < -0.3 is 29.7 Å². The van der Waals surface area contributed by atoms with Gasteiger partial charge in [-0.15, -0.1) is 0 Å². The first-order chi connectivity index (χ1) is 22.1. The van der Waals surface area contributed by atoms with Gasteiger partial charge in [0.15, 0.2) is 5.76 Å². The molecule has 4 aromatic rings. The number of hydrogen-bond acceptors (Lipinski definition) is 9. The number of anilines is 1. The monoisotopic (exact) mass is 649 g/mol. The van der Waals surface area contributed by atoms with Gasteiger partial charge in [-0.25, -0.2) is 8.42 Å². The molecule has 12 nitrogen and oxygen atoms in total. The number of aliphatic hydroxyl groups excluding tert-OH is 1. The number of aromatic nitrogens is 1. The third-order valence-electron chi connectivity index (χ3n) is 7.61. The highest BCUT2D eigenvalue weighted by Gasteiger charge is 2.32. The fraction of sp³-hybridized carbons (Fsp3) is 0.273. The molecule has 13 heteroatoms. The number of nitrogens with one attached hydrogen (secondary N) is 1. The standard InChI is InChI=1S/C33H35N3O9S/c1-22(38)36-21-27(26-7-3-5-9-29(26)36)23-19-31(33(40)34-28-8-4-6-10-30(28)39)45-32(20-23)44-18-16-35(15-17-37)46(41,42)25-13-11-24(43-2)12-14-25/h3-14,19,21,23,32,37,39H,15-18,20H2,1-2H3,(H,34,40). The van der Waals surface area contributed by atoms with Crippen molar-refractivity contribution in [2.24, 2.45) is 0 Å². The van der Waals surface area contributed by atoms with Crippen LogP contribution >= 0.6 is 0 Å². The van der Waals surface area contributed by atoms with Gasteiger partial charge in [-0.2, -0.15) is 4.31 Å². The Hall–Kier alpha value is -4.69. The molecule has 242 valence electrons. The van der Waals surface area contributed by atoms with E-state index in [9.17, 15) is 28.2 Å². The molecule has 0 radical (unpaired) electrons. The van der Waals surface area contributed by atoms with Crippen molar-refractivity contribution in [3.63, 3.8) is 0 Å². The van der Waals surface area contributed by atoms with Crippen LogP contribution in [0.3, 0.4) is 0 Å². The molecule has 5 rings (SSSR count). The third kappa shape index (κ3) is 7.07. The highest BCUT2D eigenvalue weighted by molar-refractivity contribution is 7.89. The van der Waals surface area contributed by atoms with E-state index in [-0.39, 0.29) is 54.1 Å². The lowest BCUT2D eigenvalue weighted by molar-refractivity contribution is -0.143. The summed E-state index contributed by atoms with van der Waals surface area (Å²) in [5.74, 6) is -0.914. The Bertz CT molecular complexity index is 1850. The third-order valence-corrected chi connectivity index (χ3v) is 9.52. The van der Waals surface area contributed by atoms with Crippen LogP contribution in [-0.2, 0) is 24.3 Å². The number of carbonyl (C=O) groups is 2. The number of hydrogen-bond donors (Lipinski definition) is 3. The second kappa shape index (κ2) is 14.2. The summed E-state index contributed by atoms with van der Waals surface area (Å²) in [4.78, 5) is 25.8. The second-order valence-corrected chi connectivity index (χ2v) is 12.5. The van der Waals surface area contributed by atoms with Crippen LogP contribution in [0.1, 0.15) is 29.6 Å². The SMILES string of the molecule is COc1ccc(S(=O)(=O)N(CCO)CCOC2CC(c3cn(C(C)=O)c4ccccc34)C=C(C(=O)Nc3ccccc3O)O2)cc1. The van der Waals surface area contributed by atoms with Crippen molar-refractivity contribution in [2.75, 3.05) is 38.7 Å². The zero-order valence-corrected chi connectivity index (χ0v) is 26.1. The van der Waals surface area contributed by atoms with Gasteiger partial charge in [0.05, 0.1) is 36.4 Å². The average molecular weight is 650 g/mol. The lowest BCUT2D eigenvalue weighted by Crippen LogP contribution is -2.37. The van der Waals surface area contributed by atoms with Gasteiger partial charge in [-0.05, 0) is 54.1 Å². The zero-order valence-electron chi connectivity index (χ0n) is 25.3. The van der Waals surface area contributed by atoms with Crippen LogP contribution in [0.4, 0.5) is 5.69 Å². The average Bonchev–Trinajstić information content (AvgIpc) is 3.45. The van der Waals surface area contributed by atoms with E-state index in [1.807, 2.05) is 24.3 Å². The summed E-state index contributed by atoms with van der Waals surface area (Å²) in [7, 11) is -2.49. The van der Waals surface area contributed by atoms with Gasteiger partial charge in [0.25, 0.3) is 5.91 Å². The van der Waals surface area contributed by atoms with E-state index in [1.165, 1.54) is 44.4 Å². The van der Waals surface area contributed by atoms with Crippen molar-refractivity contribution in [3.05, 3.63) is 96.4 Å². The first-order valence-electron chi connectivity index (χ1n) is 14.6. The number of aromatic hydroxyl groups is 1. The number of methoxy groups -OCH3 is 1. The minimum Gasteiger partial charge on any atom is -0.506 e. The van der Waals surface area contributed by atoms with Gasteiger partial charge in [0.2, 0.25) is 22.2 Å². The van der Waals surface area contributed by atoms with E-state index in [4.69, 9.17) is 14.2 Å². The van der Waals surface area contributed by atoms with E-state index < -0.39 is 34.7 Å². The van der Waals surface area contributed by atoms with Crippen molar-refractivity contribution in [3.8, 4) is 11.5 Å². The number of fused-ring (bicyclic) bond motifs is 1. The quantitative estimate of drug-likeness (QED) is 0.193. The van der Waals surface area contributed by atoms with Crippen molar-refractivity contribution >= 4 is 38.4 Å². The molecule has 2 atom stereocenters. The number of ether oxygens (including phenoxy) is 3. The molecule has 3 aromatic carbocycles. The zero-order chi connectivity index (χ0) is 32.8. The normalized spacial score (nSPS) is 16.6. The van der Waals surface area contributed by atoms with Crippen LogP contribution in [-0.4, -0.2) is 79.0 Å². The van der Waals surface area contributed by atoms with E-state index in [0.29, 0.717) is 11.3 Å². The molecule has 2 unspecified atom stereocenters. The Morgan fingerprint density at radius 2 is 1.76 bits per heavy atom. The number of phenols is 1. The van der Waals surface area contributed by atoms with Crippen LogP contribution in [0.25, 0.3) is 10.9 Å². The van der Waals surface area contributed by atoms with Crippen LogP contribution in [0.2, 0.25) is 0 Å². The first-order valence-corrected chi connectivity index (χ1v) is 16.0. The summed E-state index contributed by atoms with van der Waals surface area (Å²) >= 11 is 0. The highest BCUT2D eigenvalue weighted by atomic mass is 32.2. The molecule has 1 aliphatic heterocycles. The minimum atomic E-state index is -3.97. The smallest absolute Gasteiger partial charge is 0.290 e. The van der Waals surface area contributed by atoms with E-state index in [1.54, 1.807) is 35.0 Å². The molecule has 1 amide bonds. The molecule has 0 aliphatic carbocycles. The summed E-state index contributed by atoms with van der Waals surface area (Å²) in [5.41, 5.74) is 1.68. The predicted octanol–water partition coefficient (Wildman–Crippen LogP) is 4.07. The molecule has 3 N–H and O–H groups in total. The van der Waals surface area contributed by atoms with Crippen molar-refractivity contribution < 1.29 is 42.4 Å². The molecule has 0 spiro atoms. The summed E-state index contributed by atoms with van der Waals surface area (Å²) < 4.78 is 46.4. The number of allylic oxidation sites excluding steroid dienone is 1. The Kier molecular flexibility index (Phi) is 10.1. The largest absolute Gasteiger partial charge is 0.506 e. The number of aliphatic hydroxyl groups is 1.